The third-order valence-electron chi connectivity index (χ3n) is 5.18. The van der Waals surface area contributed by atoms with Crippen LogP contribution in [0.1, 0.15) is 65.2 Å². The lowest BCUT2D eigenvalue weighted by Crippen LogP contribution is -2.39. The molecule has 1 aliphatic heterocycles. The van der Waals surface area contributed by atoms with Gasteiger partial charge in [-0.1, -0.05) is 45.6 Å². The topological polar surface area (TPSA) is 60.0 Å². The second-order valence-corrected chi connectivity index (χ2v) is 8.03. The highest BCUT2D eigenvalue weighted by atomic mass is 16.6. The van der Waals surface area contributed by atoms with Crippen LogP contribution in [0.25, 0.3) is 0 Å². The van der Waals surface area contributed by atoms with Crippen molar-refractivity contribution in [1.82, 2.24) is 4.90 Å². The molecule has 1 heterocycles. The first-order chi connectivity index (χ1) is 14.7. The zero-order valence-electron chi connectivity index (χ0n) is 18.9. The summed E-state index contributed by atoms with van der Waals surface area (Å²) in [5.41, 5.74) is 0.677. The number of rotatable bonds is 13. The highest BCUT2D eigenvalue weighted by molar-refractivity contribution is 5.85. The van der Waals surface area contributed by atoms with Gasteiger partial charge in [0.05, 0.1) is 13.2 Å². The Morgan fingerprint density at radius 1 is 1.07 bits per heavy atom. The third kappa shape index (κ3) is 10.3. The molecule has 1 amide bonds. The maximum absolute atomic E-state index is 12.5. The van der Waals surface area contributed by atoms with Gasteiger partial charge in [0, 0.05) is 24.9 Å². The molecule has 1 aromatic carbocycles. The average molecular weight is 421 g/mol. The Balaban J connectivity index is 1.85. The summed E-state index contributed by atoms with van der Waals surface area (Å²) in [4.78, 5) is 14.9. The molecule has 2 rings (SSSR count). The quantitative estimate of drug-likeness (QED) is 0.429. The Kier molecular flexibility index (Phi) is 12.3. The van der Waals surface area contributed by atoms with Crippen molar-refractivity contribution >= 4 is 11.8 Å². The van der Waals surface area contributed by atoms with Crippen LogP contribution in [0.4, 0.5) is 10.5 Å². The number of hydrogen-bond acceptors (Lipinski definition) is 5. The van der Waals surface area contributed by atoms with Crippen LogP contribution in [0.2, 0.25) is 0 Å². The second-order valence-electron chi connectivity index (χ2n) is 8.03. The van der Waals surface area contributed by atoms with Crippen LogP contribution in [-0.2, 0) is 9.47 Å². The van der Waals surface area contributed by atoms with Crippen molar-refractivity contribution < 1.29 is 19.0 Å². The number of unbranched alkanes of at least 4 members (excludes halogenated alkanes) is 2. The molecule has 0 spiro atoms. The Labute approximate surface area is 182 Å². The normalized spacial score (nSPS) is 15.9. The van der Waals surface area contributed by atoms with Crippen molar-refractivity contribution in [2.75, 3.05) is 44.8 Å². The van der Waals surface area contributed by atoms with Crippen LogP contribution >= 0.6 is 0 Å². The van der Waals surface area contributed by atoms with Gasteiger partial charge in [0.25, 0.3) is 0 Å². The summed E-state index contributed by atoms with van der Waals surface area (Å²) in [5, 5.41) is 2.84. The van der Waals surface area contributed by atoms with Gasteiger partial charge in [0.1, 0.15) is 11.9 Å². The molecular formula is C24H40N2O4. The molecule has 1 aliphatic rings. The van der Waals surface area contributed by atoms with E-state index in [0.717, 1.165) is 51.1 Å². The Hall–Kier alpha value is -1.79. The van der Waals surface area contributed by atoms with E-state index < -0.39 is 6.09 Å². The number of carbonyl (C=O) groups is 1. The standard InChI is InChI=1S/C24H40N2O4/c1-3-5-10-17-29-22-13-11-12-21(18-22)25-24(27)30-23(20-28-16-4-2)19-26-14-8-6-7-9-15-26/h11-13,18,23H,3-10,14-17,19-20H2,1-2H3,(H,25,27). The summed E-state index contributed by atoms with van der Waals surface area (Å²) in [6, 6.07) is 7.47. The largest absolute Gasteiger partial charge is 0.494 e. The SMILES string of the molecule is CCCCCOc1cccc(NC(=O)OC(COCCC)CN2CCCCCC2)c1. The van der Waals surface area contributed by atoms with Crippen LogP contribution in [-0.4, -0.2) is 56.6 Å². The summed E-state index contributed by atoms with van der Waals surface area (Å²) in [6.07, 6.45) is 8.57. The molecule has 0 radical (unpaired) electrons. The predicted molar refractivity (Wildman–Crippen MR) is 121 cm³/mol. The van der Waals surface area contributed by atoms with E-state index in [9.17, 15) is 4.79 Å². The first-order valence-electron chi connectivity index (χ1n) is 11.7. The van der Waals surface area contributed by atoms with Crippen LogP contribution in [0.15, 0.2) is 24.3 Å². The van der Waals surface area contributed by atoms with Gasteiger partial charge in [-0.2, -0.15) is 0 Å². The number of carbonyl (C=O) groups excluding carboxylic acids is 1. The molecule has 6 heteroatoms. The summed E-state index contributed by atoms with van der Waals surface area (Å²) in [7, 11) is 0. The fraction of sp³-hybridized carbons (Fsp3) is 0.708. The van der Waals surface area contributed by atoms with Crippen LogP contribution < -0.4 is 10.1 Å². The number of nitrogens with zero attached hydrogens (tertiary/aromatic N) is 1. The van der Waals surface area contributed by atoms with Crippen molar-refractivity contribution in [3.63, 3.8) is 0 Å². The minimum Gasteiger partial charge on any atom is -0.494 e. The third-order valence-corrected chi connectivity index (χ3v) is 5.18. The first kappa shape index (κ1) is 24.5. The van der Waals surface area contributed by atoms with Crippen molar-refractivity contribution in [2.24, 2.45) is 0 Å². The van der Waals surface area contributed by atoms with Gasteiger partial charge in [-0.3, -0.25) is 10.2 Å². The second kappa shape index (κ2) is 15.1. The number of ether oxygens (including phenoxy) is 3. The van der Waals surface area contributed by atoms with Crippen LogP contribution in [0, 0.1) is 0 Å². The number of hydrogen-bond donors (Lipinski definition) is 1. The van der Waals surface area contributed by atoms with Crippen LogP contribution in [0.5, 0.6) is 5.75 Å². The Bertz CT molecular complexity index is 588. The van der Waals surface area contributed by atoms with E-state index in [1.54, 1.807) is 0 Å². The summed E-state index contributed by atoms with van der Waals surface area (Å²) in [6.45, 7) is 8.89. The fourth-order valence-corrected chi connectivity index (χ4v) is 3.59. The molecule has 1 saturated heterocycles. The molecule has 30 heavy (non-hydrogen) atoms. The van der Waals surface area contributed by atoms with Gasteiger partial charge in [-0.05, 0) is 50.9 Å². The number of benzene rings is 1. The molecule has 0 saturated carbocycles. The molecule has 0 aromatic heterocycles. The molecule has 6 nitrogen and oxygen atoms in total. The number of nitrogens with one attached hydrogen (secondary N) is 1. The lowest BCUT2D eigenvalue weighted by atomic mass is 10.2. The zero-order chi connectivity index (χ0) is 21.4. The summed E-state index contributed by atoms with van der Waals surface area (Å²) >= 11 is 0. The van der Waals surface area contributed by atoms with Crippen molar-refractivity contribution in [2.45, 2.75) is 71.3 Å². The minimum absolute atomic E-state index is 0.275. The highest BCUT2D eigenvalue weighted by Crippen LogP contribution is 2.18. The molecule has 0 bridgehead atoms. The lowest BCUT2D eigenvalue weighted by Gasteiger charge is -2.26. The number of likely N-dealkylation sites (tertiary alicyclic amines) is 1. The maximum Gasteiger partial charge on any atom is 0.412 e. The van der Waals surface area contributed by atoms with E-state index in [-0.39, 0.29) is 6.10 Å². The smallest absolute Gasteiger partial charge is 0.412 e. The maximum atomic E-state index is 12.5. The highest BCUT2D eigenvalue weighted by Gasteiger charge is 2.20. The average Bonchev–Trinajstić information content (AvgIpc) is 3.00. The molecule has 1 fully saturated rings. The molecule has 0 aliphatic carbocycles. The minimum atomic E-state index is -0.446. The first-order valence-corrected chi connectivity index (χ1v) is 11.7. The summed E-state index contributed by atoms with van der Waals surface area (Å²) in [5.74, 6) is 0.760. The fourth-order valence-electron chi connectivity index (χ4n) is 3.59. The van der Waals surface area contributed by atoms with Gasteiger partial charge >= 0.3 is 6.09 Å². The molecule has 1 N–H and O–H groups in total. The van der Waals surface area contributed by atoms with E-state index in [1.165, 1.54) is 25.7 Å². The van der Waals surface area contributed by atoms with Crippen molar-refractivity contribution in [3.05, 3.63) is 24.3 Å². The Morgan fingerprint density at radius 3 is 2.60 bits per heavy atom. The number of anilines is 1. The lowest BCUT2D eigenvalue weighted by molar-refractivity contribution is 0.00801. The zero-order valence-corrected chi connectivity index (χ0v) is 18.9. The van der Waals surface area contributed by atoms with Gasteiger partial charge in [0.2, 0.25) is 0 Å². The molecule has 1 aromatic rings. The van der Waals surface area contributed by atoms with Gasteiger partial charge in [0.15, 0.2) is 0 Å². The van der Waals surface area contributed by atoms with Gasteiger partial charge in [-0.25, -0.2) is 4.79 Å². The van der Waals surface area contributed by atoms with E-state index in [0.29, 0.717) is 25.5 Å². The monoisotopic (exact) mass is 420 g/mol. The van der Waals surface area contributed by atoms with E-state index in [1.807, 2.05) is 24.3 Å². The van der Waals surface area contributed by atoms with Crippen molar-refractivity contribution in [1.29, 1.82) is 0 Å². The molecular weight excluding hydrogens is 380 g/mol. The van der Waals surface area contributed by atoms with Crippen LogP contribution in [0.3, 0.4) is 0 Å². The van der Waals surface area contributed by atoms with Gasteiger partial charge in [-0.15, -0.1) is 0 Å². The Morgan fingerprint density at radius 2 is 1.87 bits per heavy atom. The molecule has 1 unspecified atom stereocenters. The predicted octanol–water partition coefficient (Wildman–Crippen LogP) is 5.48. The summed E-state index contributed by atoms with van der Waals surface area (Å²) < 4.78 is 17.2. The van der Waals surface area contributed by atoms with Gasteiger partial charge < -0.3 is 14.2 Å². The molecule has 170 valence electrons. The van der Waals surface area contributed by atoms with E-state index in [2.05, 4.69) is 24.1 Å². The van der Waals surface area contributed by atoms with Crippen molar-refractivity contribution in [3.8, 4) is 5.75 Å². The van der Waals surface area contributed by atoms with E-state index in [4.69, 9.17) is 14.2 Å². The van der Waals surface area contributed by atoms with E-state index >= 15 is 0 Å². The number of amides is 1. The molecule has 1 atom stereocenters.